The van der Waals surface area contributed by atoms with Crippen LogP contribution in [0, 0.1) is 0 Å². The molecule has 0 saturated heterocycles. The first-order valence-electron chi connectivity index (χ1n) is 18.7. The first-order chi connectivity index (χ1) is 27.2. The van der Waals surface area contributed by atoms with E-state index in [2.05, 4.69) is 205 Å². The third-order valence-corrected chi connectivity index (χ3v) is 13.2. The van der Waals surface area contributed by atoms with Crippen LogP contribution in [0.3, 0.4) is 0 Å². The van der Waals surface area contributed by atoms with Crippen molar-refractivity contribution in [3.8, 4) is 33.4 Å². The molecule has 2 heterocycles. The van der Waals surface area contributed by atoms with Crippen LogP contribution in [0.2, 0.25) is 0 Å². The average molecular weight is 736 g/mol. The molecule has 11 aromatic rings. The highest BCUT2D eigenvalue weighted by molar-refractivity contribution is 7.26. The van der Waals surface area contributed by atoms with E-state index in [4.69, 9.17) is 0 Å². The highest BCUT2D eigenvalue weighted by Crippen LogP contribution is 2.43. The summed E-state index contributed by atoms with van der Waals surface area (Å²) in [5, 5.41) is 7.79. The molecule has 0 bridgehead atoms. The van der Waals surface area contributed by atoms with Crippen molar-refractivity contribution in [2.75, 3.05) is 4.90 Å². The third-order valence-electron chi connectivity index (χ3n) is 10.9. The summed E-state index contributed by atoms with van der Waals surface area (Å²) >= 11 is 3.75. The van der Waals surface area contributed by atoms with E-state index in [0.29, 0.717) is 0 Å². The van der Waals surface area contributed by atoms with Crippen LogP contribution in [0.5, 0.6) is 0 Å². The van der Waals surface area contributed by atoms with E-state index in [9.17, 15) is 0 Å². The van der Waals surface area contributed by atoms with Gasteiger partial charge in [-0.15, -0.1) is 22.7 Å². The second-order valence-corrected chi connectivity index (χ2v) is 16.2. The fourth-order valence-electron chi connectivity index (χ4n) is 8.23. The summed E-state index contributed by atoms with van der Waals surface area (Å²) in [6, 6.07) is 73.4. The van der Waals surface area contributed by atoms with Crippen molar-refractivity contribution in [2.45, 2.75) is 0 Å². The molecule has 2 aromatic heterocycles. The Labute approximate surface area is 327 Å². The molecule has 11 rings (SSSR count). The van der Waals surface area contributed by atoms with Crippen LogP contribution in [0.15, 0.2) is 200 Å². The first-order valence-corrected chi connectivity index (χ1v) is 20.3. The van der Waals surface area contributed by atoms with E-state index < -0.39 is 0 Å². The van der Waals surface area contributed by atoms with Gasteiger partial charge in [-0.3, -0.25) is 0 Å². The van der Waals surface area contributed by atoms with Gasteiger partial charge in [0, 0.05) is 57.4 Å². The standard InChI is InChI=1S/C52H33NS2/c1-2-17-42-34(11-1)12-9-20-43(42)38-14-8-16-41(32-38)53(39-28-25-35(26-29-39)44-21-10-22-48-46-19-4-6-24-50(46)55-52(44)48)40-15-7-13-36(31-40)37-27-30-47-45-18-3-5-23-49(45)54-51(47)33-37/h1-33H. The summed E-state index contributed by atoms with van der Waals surface area (Å²) in [6.07, 6.45) is 0. The van der Waals surface area contributed by atoms with E-state index >= 15 is 0 Å². The van der Waals surface area contributed by atoms with Crippen LogP contribution in [-0.4, -0.2) is 0 Å². The third kappa shape index (κ3) is 5.51. The molecule has 0 unspecified atom stereocenters. The molecule has 3 heteroatoms. The second-order valence-electron chi connectivity index (χ2n) is 14.1. The van der Waals surface area contributed by atoms with Gasteiger partial charge < -0.3 is 4.90 Å². The molecule has 0 saturated carbocycles. The lowest BCUT2D eigenvalue weighted by atomic mass is 9.97. The van der Waals surface area contributed by atoms with E-state index in [1.165, 1.54) is 84.5 Å². The summed E-state index contributed by atoms with van der Waals surface area (Å²) in [6.45, 7) is 0. The van der Waals surface area contributed by atoms with Gasteiger partial charge in [0.25, 0.3) is 0 Å². The molecule has 9 aromatic carbocycles. The summed E-state index contributed by atoms with van der Waals surface area (Å²) in [4.78, 5) is 2.40. The van der Waals surface area contributed by atoms with Crippen LogP contribution in [0.4, 0.5) is 17.1 Å². The molecule has 0 radical (unpaired) electrons. The van der Waals surface area contributed by atoms with E-state index in [0.717, 1.165) is 17.1 Å². The fourth-order valence-corrected chi connectivity index (χ4v) is 10.6. The quantitative estimate of drug-likeness (QED) is 0.164. The summed E-state index contributed by atoms with van der Waals surface area (Å²) < 4.78 is 5.30. The lowest BCUT2D eigenvalue weighted by Gasteiger charge is -2.27. The Morgan fingerprint density at radius 1 is 0.291 bits per heavy atom. The lowest BCUT2D eigenvalue weighted by molar-refractivity contribution is 1.28. The van der Waals surface area contributed by atoms with Crippen molar-refractivity contribution in [1.82, 2.24) is 0 Å². The van der Waals surface area contributed by atoms with Crippen LogP contribution in [0.1, 0.15) is 0 Å². The van der Waals surface area contributed by atoms with Gasteiger partial charge in [-0.2, -0.15) is 0 Å². The number of benzene rings is 9. The van der Waals surface area contributed by atoms with Gasteiger partial charge >= 0.3 is 0 Å². The Morgan fingerprint density at radius 3 is 1.65 bits per heavy atom. The van der Waals surface area contributed by atoms with Crippen LogP contribution in [0.25, 0.3) is 84.5 Å². The summed E-state index contributed by atoms with van der Waals surface area (Å²) in [7, 11) is 0. The largest absolute Gasteiger partial charge is 0.310 e. The topological polar surface area (TPSA) is 3.24 Å². The van der Waals surface area contributed by atoms with Gasteiger partial charge in [0.2, 0.25) is 0 Å². The Bertz CT molecular complexity index is 3220. The monoisotopic (exact) mass is 735 g/mol. The smallest absolute Gasteiger partial charge is 0.0467 e. The molecule has 0 aliphatic carbocycles. The average Bonchev–Trinajstić information content (AvgIpc) is 3.82. The van der Waals surface area contributed by atoms with Crippen molar-refractivity contribution >= 4 is 90.9 Å². The number of fused-ring (bicyclic) bond motifs is 7. The van der Waals surface area contributed by atoms with Gasteiger partial charge in [-0.05, 0) is 98.8 Å². The highest BCUT2D eigenvalue weighted by atomic mass is 32.1. The highest BCUT2D eigenvalue weighted by Gasteiger charge is 2.17. The van der Waals surface area contributed by atoms with Gasteiger partial charge in [-0.25, -0.2) is 0 Å². The Hall–Kier alpha value is -6.52. The van der Waals surface area contributed by atoms with Gasteiger partial charge in [0.1, 0.15) is 0 Å². The van der Waals surface area contributed by atoms with Crippen LogP contribution >= 0.6 is 22.7 Å². The molecule has 0 aliphatic heterocycles. The Morgan fingerprint density at radius 2 is 0.836 bits per heavy atom. The first kappa shape index (κ1) is 32.0. The van der Waals surface area contributed by atoms with E-state index in [-0.39, 0.29) is 0 Å². The summed E-state index contributed by atoms with van der Waals surface area (Å²) in [5.74, 6) is 0. The maximum Gasteiger partial charge on any atom is 0.0467 e. The molecular formula is C52H33NS2. The van der Waals surface area contributed by atoms with Crippen LogP contribution < -0.4 is 4.90 Å². The Balaban J connectivity index is 1.05. The molecule has 0 N–H and O–H groups in total. The van der Waals surface area contributed by atoms with Crippen molar-refractivity contribution < 1.29 is 0 Å². The van der Waals surface area contributed by atoms with E-state index in [1.54, 1.807) is 0 Å². The predicted molar refractivity (Wildman–Crippen MR) is 241 cm³/mol. The Kier molecular flexibility index (Phi) is 7.61. The molecule has 1 nitrogen and oxygen atoms in total. The molecular weight excluding hydrogens is 703 g/mol. The van der Waals surface area contributed by atoms with Crippen molar-refractivity contribution in [3.63, 3.8) is 0 Å². The minimum absolute atomic E-state index is 1.11. The number of hydrogen-bond donors (Lipinski definition) is 0. The normalized spacial score (nSPS) is 11.6. The van der Waals surface area contributed by atoms with Crippen molar-refractivity contribution in [3.05, 3.63) is 200 Å². The maximum absolute atomic E-state index is 2.40. The molecule has 55 heavy (non-hydrogen) atoms. The van der Waals surface area contributed by atoms with Gasteiger partial charge in [-0.1, -0.05) is 146 Å². The number of nitrogens with zero attached hydrogens (tertiary/aromatic N) is 1. The van der Waals surface area contributed by atoms with Gasteiger partial charge in [0.15, 0.2) is 0 Å². The zero-order chi connectivity index (χ0) is 36.3. The number of hydrogen-bond acceptors (Lipinski definition) is 3. The zero-order valence-corrected chi connectivity index (χ0v) is 31.4. The predicted octanol–water partition coefficient (Wildman–Crippen LogP) is 16.0. The molecule has 0 fully saturated rings. The minimum atomic E-state index is 1.11. The van der Waals surface area contributed by atoms with Gasteiger partial charge in [0.05, 0.1) is 0 Å². The van der Waals surface area contributed by atoms with E-state index in [1.807, 2.05) is 22.7 Å². The maximum atomic E-state index is 2.40. The fraction of sp³-hybridized carbons (Fsp3) is 0. The molecule has 0 amide bonds. The number of anilines is 3. The molecule has 0 aliphatic rings. The SMILES string of the molecule is c1cc(-c2ccc3c(c2)sc2ccccc23)cc(N(c2ccc(-c3cccc4c3sc3ccccc34)cc2)c2cccc(-c3cccc4ccccc34)c2)c1. The van der Waals surface area contributed by atoms with Crippen molar-refractivity contribution in [2.24, 2.45) is 0 Å². The number of rotatable bonds is 6. The number of thiophene rings is 2. The summed E-state index contributed by atoms with van der Waals surface area (Å²) in [5.41, 5.74) is 10.7. The molecule has 0 atom stereocenters. The lowest BCUT2D eigenvalue weighted by Crippen LogP contribution is -2.10. The zero-order valence-electron chi connectivity index (χ0n) is 29.8. The second kappa shape index (κ2) is 13.1. The van der Waals surface area contributed by atoms with Crippen molar-refractivity contribution in [1.29, 1.82) is 0 Å². The van der Waals surface area contributed by atoms with Crippen LogP contribution in [-0.2, 0) is 0 Å². The molecule has 0 spiro atoms. The molecule has 258 valence electrons. The minimum Gasteiger partial charge on any atom is -0.310 e.